The molecule has 0 spiro atoms. The van der Waals surface area contributed by atoms with E-state index in [-0.39, 0.29) is 5.69 Å². The van der Waals surface area contributed by atoms with E-state index < -0.39 is 30.5 Å². The van der Waals surface area contributed by atoms with Crippen LogP contribution in [0, 0.1) is 13.8 Å². The molecule has 0 aliphatic carbocycles. The predicted molar refractivity (Wildman–Crippen MR) is 93.2 cm³/mol. The van der Waals surface area contributed by atoms with Gasteiger partial charge < -0.3 is 14.8 Å². The maximum atomic E-state index is 12.1. The van der Waals surface area contributed by atoms with E-state index in [1.807, 2.05) is 0 Å². The van der Waals surface area contributed by atoms with Crippen LogP contribution in [0.3, 0.4) is 0 Å². The van der Waals surface area contributed by atoms with E-state index in [0.29, 0.717) is 22.4 Å². The molecule has 0 saturated carbocycles. The molecule has 0 saturated heterocycles. The van der Waals surface area contributed by atoms with Crippen molar-refractivity contribution < 1.29 is 24.2 Å². The first kappa shape index (κ1) is 19.2. The first-order valence-corrected chi connectivity index (χ1v) is 7.99. The second-order valence-corrected chi connectivity index (χ2v) is 5.78. The molecule has 1 atom stereocenters. The van der Waals surface area contributed by atoms with Gasteiger partial charge in [-0.1, -0.05) is 18.2 Å². The van der Waals surface area contributed by atoms with Crippen LogP contribution >= 0.6 is 0 Å². The number of carbonyl (C=O) groups is 3. The van der Waals surface area contributed by atoms with E-state index in [1.54, 1.807) is 51.1 Å². The van der Waals surface area contributed by atoms with Crippen molar-refractivity contribution in [3.05, 3.63) is 58.4 Å². The zero-order chi connectivity index (χ0) is 19.3. The zero-order valence-electron chi connectivity index (χ0n) is 14.8. The summed E-state index contributed by atoms with van der Waals surface area (Å²) in [5.74, 6) is -1.89. The molecule has 0 unspecified atom stereocenters. The summed E-state index contributed by atoms with van der Waals surface area (Å²) in [4.78, 5) is 38.5. The molecule has 2 aromatic rings. The summed E-state index contributed by atoms with van der Waals surface area (Å²) in [6, 6.07) is 8.35. The van der Waals surface area contributed by atoms with Crippen molar-refractivity contribution in [2.75, 3.05) is 6.61 Å². The Bertz CT molecular complexity index is 812. The Balaban J connectivity index is 1.87. The highest BCUT2D eigenvalue weighted by Crippen LogP contribution is 2.24. The van der Waals surface area contributed by atoms with Gasteiger partial charge in [-0.2, -0.15) is 0 Å². The fourth-order valence-electron chi connectivity index (χ4n) is 2.62. The number of nitrogens with one attached hydrogen (secondary N) is 3. The molecule has 0 radical (unpaired) electrons. The van der Waals surface area contributed by atoms with Crippen molar-refractivity contribution in [2.24, 2.45) is 0 Å². The molecule has 2 rings (SSSR count). The second-order valence-electron chi connectivity index (χ2n) is 5.78. The van der Waals surface area contributed by atoms with Crippen LogP contribution in [-0.4, -0.2) is 34.5 Å². The minimum atomic E-state index is -0.732. The van der Waals surface area contributed by atoms with Crippen LogP contribution in [-0.2, 0) is 9.53 Å². The smallest absolute Gasteiger partial charge is 0.355 e. The van der Waals surface area contributed by atoms with Crippen molar-refractivity contribution in [3.63, 3.8) is 0 Å². The van der Waals surface area contributed by atoms with Crippen LogP contribution in [0.2, 0.25) is 0 Å². The summed E-state index contributed by atoms with van der Waals surface area (Å²) >= 11 is 0. The highest BCUT2D eigenvalue weighted by atomic mass is 16.5. The molecule has 4 N–H and O–H groups in total. The van der Waals surface area contributed by atoms with Crippen LogP contribution in [0.5, 0.6) is 0 Å². The Morgan fingerprint density at radius 2 is 1.81 bits per heavy atom. The molecule has 0 aliphatic heterocycles. The number of hydrogen-bond donors (Lipinski definition) is 4. The minimum absolute atomic E-state index is 0.180. The topological polar surface area (TPSA) is 121 Å². The minimum Gasteiger partial charge on any atom is -0.451 e. The zero-order valence-corrected chi connectivity index (χ0v) is 14.8. The van der Waals surface area contributed by atoms with Crippen LogP contribution in [0.15, 0.2) is 30.3 Å². The first-order valence-electron chi connectivity index (χ1n) is 7.99. The first-order chi connectivity index (χ1) is 12.3. The van der Waals surface area contributed by atoms with Gasteiger partial charge >= 0.3 is 5.97 Å². The molecule has 2 amide bonds. The summed E-state index contributed by atoms with van der Waals surface area (Å²) in [7, 11) is 0. The van der Waals surface area contributed by atoms with Gasteiger partial charge in [0.1, 0.15) is 5.69 Å². The van der Waals surface area contributed by atoms with Crippen LogP contribution in [0.25, 0.3) is 0 Å². The standard InChI is InChI=1S/C18H21N3O5/c1-10-15(12(3)22)11(2)19-16(10)18(25)26-9-14(23)20-21-17(24)13-7-5-4-6-8-13/h4-8,12,19,22H,9H2,1-3H3,(H,20,23)(H,21,24)/t12-/m1/s1. The average Bonchev–Trinajstić information content (AvgIpc) is 2.92. The number of hydrogen-bond acceptors (Lipinski definition) is 5. The fourth-order valence-corrected chi connectivity index (χ4v) is 2.62. The molecule has 8 heteroatoms. The molecule has 26 heavy (non-hydrogen) atoms. The second kappa shape index (κ2) is 8.30. The fraction of sp³-hybridized carbons (Fsp3) is 0.278. The van der Waals surface area contributed by atoms with Gasteiger partial charge in [0.15, 0.2) is 6.61 Å². The van der Waals surface area contributed by atoms with Gasteiger partial charge in [0, 0.05) is 16.8 Å². The number of aromatic nitrogens is 1. The van der Waals surface area contributed by atoms with Crippen LogP contribution in [0.1, 0.15) is 50.7 Å². The Morgan fingerprint density at radius 3 is 2.38 bits per heavy atom. The van der Waals surface area contributed by atoms with Gasteiger partial charge in [-0.05, 0) is 38.5 Å². The Labute approximate surface area is 150 Å². The predicted octanol–water partition coefficient (Wildman–Crippen LogP) is 1.30. The summed E-state index contributed by atoms with van der Waals surface area (Å²) < 4.78 is 4.94. The van der Waals surface area contributed by atoms with E-state index in [9.17, 15) is 19.5 Å². The number of H-pyrrole nitrogens is 1. The molecule has 1 aromatic heterocycles. The third kappa shape index (κ3) is 4.48. The highest BCUT2D eigenvalue weighted by Gasteiger charge is 2.21. The lowest BCUT2D eigenvalue weighted by atomic mass is 10.1. The number of aromatic amines is 1. The number of ether oxygens (including phenoxy) is 1. The van der Waals surface area contributed by atoms with Crippen molar-refractivity contribution >= 4 is 17.8 Å². The molecule has 0 aliphatic rings. The van der Waals surface area contributed by atoms with Crippen molar-refractivity contribution in [1.82, 2.24) is 15.8 Å². The third-order valence-corrected chi connectivity index (χ3v) is 3.80. The number of amides is 2. The Kier molecular flexibility index (Phi) is 6.13. The molecule has 0 fully saturated rings. The number of hydrazine groups is 1. The van der Waals surface area contributed by atoms with Crippen LogP contribution in [0.4, 0.5) is 0 Å². The van der Waals surface area contributed by atoms with Crippen molar-refractivity contribution in [3.8, 4) is 0 Å². The SMILES string of the molecule is Cc1[nH]c(C(=O)OCC(=O)NNC(=O)c2ccccc2)c(C)c1[C@@H](C)O. The Hall–Kier alpha value is -3.13. The monoisotopic (exact) mass is 359 g/mol. The van der Waals surface area contributed by atoms with E-state index in [2.05, 4.69) is 15.8 Å². The van der Waals surface area contributed by atoms with Crippen molar-refractivity contribution in [2.45, 2.75) is 26.9 Å². The number of aryl methyl sites for hydroxylation is 1. The molecule has 0 bridgehead atoms. The van der Waals surface area contributed by atoms with E-state index in [1.165, 1.54) is 0 Å². The molecular weight excluding hydrogens is 338 g/mol. The largest absolute Gasteiger partial charge is 0.451 e. The maximum absolute atomic E-state index is 12.1. The quantitative estimate of drug-likeness (QED) is 0.474. The number of rotatable bonds is 5. The van der Waals surface area contributed by atoms with Gasteiger partial charge in [-0.3, -0.25) is 20.4 Å². The van der Waals surface area contributed by atoms with Crippen LogP contribution < -0.4 is 10.9 Å². The average molecular weight is 359 g/mol. The van der Waals surface area contributed by atoms with E-state index in [4.69, 9.17) is 4.74 Å². The number of esters is 1. The van der Waals surface area contributed by atoms with Gasteiger partial charge in [0.05, 0.1) is 6.10 Å². The number of aliphatic hydroxyl groups excluding tert-OH is 1. The lowest BCUT2D eigenvalue weighted by Crippen LogP contribution is -2.43. The summed E-state index contributed by atoms with van der Waals surface area (Å²) in [6.45, 7) is 4.45. The lowest BCUT2D eigenvalue weighted by molar-refractivity contribution is -0.125. The summed E-state index contributed by atoms with van der Waals surface area (Å²) in [6.07, 6.45) is -0.732. The molecule has 138 valence electrons. The third-order valence-electron chi connectivity index (χ3n) is 3.80. The Morgan fingerprint density at radius 1 is 1.15 bits per heavy atom. The summed E-state index contributed by atoms with van der Waals surface area (Å²) in [5.41, 5.74) is 6.81. The normalized spacial score (nSPS) is 11.5. The van der Waals surface area contributed by atoms with Crippen molar-refractivity contribution in [1.29, 1.82) is 0 Å². The molecule has 1 heterocycles. The van der Waals surface area contributed by atoms with Gasteiger partial charge in [0.25, 0.3) is 11.8 Å². The molecule has 1 aromatic carbocycles. The number of aliphatic hydroxyl groups is 1. The summed E-state index contributed by atoms with van der Waals surface area (Å²) in [5, 5.41) is 9.74. The lowest BCUT2D eigenvalue weighted by Gasteiger charge is -2.08. The molecular formula is C18H21N3O5. The van der Waals surface area contributed by atoms with E-state index in [0.717, 1.165) is 0 Å². The highest BCUT2D eigenvalue weighted by molar-refractivity contribution is 5.96. The number of benzene rings is 1. The molecule has 8 nitrogen and oxygen atoms in total. The van der Waals surface area contributed by atoms with Gasteiger partial charge in [-0.25, -0.2) is 4.79 Å². The van der Waals surface area contributed by atoms with Gasteiger partial charge in [-0.15, -0.1) is 0 Å². The maximum Gasteiger partial charge on any atom is 0.355 e. The van der Waals surface area contributed by atoms with E-state index >= 15 is 0 Å². The van der Waals surface area contributed by atoms with Gasteiger partial charge in [0.2, 0.25) is 0 Å². The number of carbonyl (C=O) groups excluding carboxylic acids is 3.